The summed E-state index contributed by atoms with van der Waals surface area (Å²) in [4.78, 5) is 30.2. The lowest BCUT2D eigenvalue weighted by Crippen LogP contribution is -2.37. The first-order chi connectivity index (χ1) is 15.5. The minimum absolute atomic E-state index is 0.179. The third-order valence-electron chi connectivity index (χ3n) is 5.61. The summed E-state index contributed by atoms with van der Waals surface area (Å²) >= 11 is 0. The van der Waals surface area contributed by atoms with Gasteiger partial charge in [0.25, 0.3) is 11.8 Å². The van der Waals surface area contributed by atoms with Crippen LogP contribution in [0, 0.1) is 12.3 Å². The number of pyridine rings is 1. The molecule has 1 aliphatic heterocycles. The van der Waals surface area contributed by atoms with E-state index in [1.807, 2.05) is 60.7 Å². The first-order valence-corrected chi connectivity index (χ1v) is 10.4. The number of piperidine rings is 1. The van der Waals surface area contributed by atoms with Crippen molar-refractivity contribution in [3.8, 4) is 35.1 Å². The van der Waals surface area contributed by atoms with E-state index in [-0.39, 0.29) is 11.8 Å². The molecule has 3 aromatic rings. The molecule has 1 saturated heterocycles. The van der Waals surface area contributed by atoms with Gasteiger partial charge in [0.05, 0.1) is 11.3 Å². The monoisotopic (exact) mass is 425 g/mol. The number of primary amides is 1. The maximum absolute atomic E-state index is 12.0. The zero-order chi connectivity index (χ0) is 22.5. The van der Waals surface area contributed by atoms with Crippen molar-refractivity contribution < 1.29 is 14.3 Å². The number of amides is 2. The van der Waals surface area contributed by atoms with Crippen LogP contribution in [0.15, 0.2) is 66.7 Å². The molecule has 0 aliphatic carbocycles. The third kappa shape index (κ3) is 4.62. The van der Waals surface area contributed by atoms with Gasteiger partial charge in [0.2, 0.25) is 0 Å². The number of rotatable bonds is 5. The minimum atomic E-state index is -0.530. The van der Waals surface area contributed by atoms with Gasteiger partial charge in [-0.1, -0.05) is 18.2 Å². The Morgan fingerprint density at radius 1 is 0.969 bits per heavy atom. The van der Waals surface area contributed by atoms with Crippen LogP contribution >= 0.6 is 0 Å². The number of nitrogens with zero attached hydrogens (tertiary/aromatic N) is 2. The Hall–Kier alpha value is -4.11. The van der Waals surface area contributed by atoms with Gasteiger partial charge in [-0.25, -0.2) is 0 Å². The van der Waals surface area contributed by atoms with Gasteiger partial charge >= 0.3 is 0 Å². The number of ether oxygens (including phenoxy) is 1. The first kappa shape index (κ1) is 21.1. The van der Waals surface area contributed by atoms with E-state index in [1.54, 1.807) is 11.0 Å². The molecular weight excluding hydrogens is 402 g/mol. The second kappa shape index (κ2) is 9.36. The van der Waals surface area contributed by atoms with E-state index in [9.17, 15) is 9.59 Å². The molecule has 0 saturated carbocycles. The Morgan fingerprint density at radius 3 is 2.25 bits per heavy atom. The standard InChI is InChI=1S/C26H23N3O3/c1-2-24(30)29-16-14-18(15-17-29)23-13-12-22(26(27)31)25(28-23)19-8-10-21(11-9-19)32-20-6-4-3-5-7-20/h1,3-13,18H,14-17H2,(H2,27,31). The number of nitrogens with two attached hydrogens (primary N) is 1. The Balaban J connectivity index is 1.57. The zero-order valence-electron chi connectivity index (χ0n) is 17.5. The smallest absolute Gasteiger partial charge is 0.298 e. The van der Waals surface area contributed by atoms with Gasteiger partial charge in [-0.05, 0) is 67.3 Å². The molecule has 2 N–H and O–H groups in total. The largest absolute Gasteiger partial charge is 0.457 e. The number of likely N-dealkylation sites (tertiary alicyclic amines) is 1. The van der Waals surface area contributed by atoms with Gasteiger partial charge in [0, 0.05) is 30.3 Å². The van der Waals surface area contributed by atoms with Gasteiger partial charge in [-0.15, -0.1) is 6.42 Å². The number of benzene rings is 2. The zero-order valence-corrected chi connectivity index (χ0v) is 17.5. The van der Waals surface area contributed by atoms with E-state index in [4.69, 9.17) is 21.9 Å². The summed E-state index contributed by atoms with van der Waals surface area (Å²) in [5.41, 5.74) is 8.18. The number of hydrogen-bond acceptors (Lipinski definition) is 4. The molecule has 32 heavy (non-hydrogen) atoms. The Kier molecular flexibility index (Phi) is 6.18. The Morgan fingerprint density at radius 2 is 1.62 bits per heavy atom. The lowest BCUT2D eigenvalue weighted by Gasteiger charge is -2.30. The van der Waals surface area contributed by atoms with Crippen LogP contribution in [0.2, 0.25) is 0 Å². The molecule has 1 aromatic heterocycles. The van der Waals surface area contributed by atoms with Crippen LogP contribution in [0.5, 0.6) is 11.5 Å². The topological polar surface area (TPSA) is 85.5 Å². The van der Waals surface area contributed by atoms with E-state index in [0.29, 0.717) is 30.1 Å². The molecule has 1 aliphatic rings. The van der Waals surface area contributed by atoms with Gasteiger partial charge in [-0.3, -0.25) is 14.6 Å². The average Bonchev–Trinajstić information content (AvgIpc) is 2.84. The highest BCUT2D eigenvalue weighted by molar-refractivity contribution is 5.98. The lowest BCUT2D eigenvalue weighted by molar-refractivity contribution is -0.126. The molecule has 6 nitrogen and oxygen atoms in total. The lowest BCUT2D eigenvalue weighted by atomic mass is 9.91. The summed E-state index contributed by atoms with van der Waals surface area (Å²) in [5, 5.41) is 0. The second-order valence-corrected chi connectivity index (χ2v) is 7.65. The molecule has 2 amide bonds. The van der Waals surface area contributed by atoms with Crippen LogP contribution in [0.3, 0.4) is 0 Å². The quantitative estimate of drug-likeness (QED) is 0.627. The number of terminal acetylenes is 1. The molecule has 6 heteroatoms. The van der Waals surface area contributed by atoms with Crippen LogP contribution in [-0.2, 0) is 4.79 Å². The highest BCUT2D eigenvalue weighted by Gasteiger charge is 2.25. The van der Waals surface area contributed by atoms with Crippen LogP contribution < -0.4 is 10.5 Å². The minimum Gasteiger partial charge on any atom is -0.457 e. The molecule has 2 heterocycles. The molecule has 0 spiro atoms. The van der Waals surface area contributed by atoms with Crippen molar-refractivity contribution in [1.82, 2.24) is 9.88 Å². The SMILES string of the molecule is C#CC(=O)N1CCC(c2ccc(C(N)=O)c(-c3ccc(Oc4ccccc4)cc3)n2)CC1. The number of hydrogen-bond donors (Lipinski definition) is 1. The summed E-state index contributed by atoms with van der Waals surface area (Å²) in [6.07, 6.45) is 6.75. The van der Waals surface area contributed by atoms with Crippen molar-refractivity contribution >= 4 is 11.8 Å². The van der Waals surface area contributed by atoms with Crippen molar-refractivity contribution in [2.75, 3.05) is 13.1 Å². The Labute approximate surface area is 187 Å². The number of carbonyl (C=O) groups excluding carboxylic acids is 2. The van der Waals surface area contributed by atoms with Crippen molar-refractivity contribution in [3.05, 3.63) is 78.0 Å². The summed E-state index contributed by atoms with van der Waals surface area (Å²) < 4.78 is 5.85. The van der Waals surface area contributed by atoms with Gasteiger partial charge in [0.1, 0.15) is 11.5 Å². The maximum Gasteiger partial charge on any atom is 0.298 e. The van der Waals surface area contributed by atoms with Crippen molar-refractivity contribution in [1.29, 1.82) is 0 Å². The van der Waals surface area contributed by atoms with Gasteiger partial charge < -0.3 is 15.4 Å². The van der Waals surface area contributed by atoms with Crippen LogP contribution in [0.25, 0.3) is 11.3 Å². The van der Waals surface area contributed by atoms with Crippen LogP contribution in [0.1, 0.15) is 34.8 Å². The number of aromatic nitrogens is 1. The van der Waals surface area contributed by atoms with E-state index >= 15 is 0 Å². The molecule has 1 fully saturated rings. The van der Waals surface area contributed by atoms with E-state index in [0.717, 1.165) is 29.8 Å². The molecule has 160 valence electrons. The van der Waals surface area contributed by atoms with Crippen LogP contribution in [-0.4, -0.2) is 34.8 Å². The molecule has 4 rings (SSSR count). The summed E-state index contributed by atoms with van der Waals surface area (Å²) in [5.74, 6) is 2.97. The normalized spacial score (nSPS) is 13.9. The molecular formula is C26H23N3O3. The fraction of sp³-hybridized carbons (Fsp3) is 0.192. The highest BCUT2D eigenvalue weighted by Crippen LogP contribution is 2.31. The van der Waals surface area contributed by atoms with Crippen molar-refractivity contribution in [2.45, 2.75) is 18.8 Å². The molecule has 0 radical (unpaired) electrons. The molecule has 0 bridgehead atoms. The van der Waals surface area contributed by atoms with Gasteiger partial charge in [0.15, 0.2) is 0 Å². The van der Waals surface area contributed by atoms with E-state index < -0.39 is 5.91 Å². The predicted octanol–water partition coefficient (Wildman–Crippen LogP) is 3.98. The van der Waals surface area contributed by atoms with Crippen LogP contribution in [0.4, 0.5) is 0 Å². The summed E-state index contributed by atoms with van der Waals surface area (Å²) in [7, 11) is 0. The third-order valence-corrected chi connectivity index (χ3v) is 5.61. The second-order valence-electron chi connectivity index (χ2n) is 7.65. The first-order valence-electron chi connectivity index (χ1n) is 10.4. The average molecular weight is 425 g/mol. The summed E-state index contributed by atoms with van der Waals surface area (Å²) in [6.45, 7) is 1.18. The summed E-state index contributed by atoms with van der Waals surface area (Å²) in [6, 6.07) is 20.5. The van der Waals surface area contributed by atoms with Gasteiger partial charge in [-0.2, -0.15) is 0 Å². The fourth-order valence-electron chi connectivity index (χ4n) is 3.90. The highest BCUT2D eigenvalue weighted by atomic mass is 16.5. The van der Waals surface area contributed by atoms with Crippen molar-refractivity contribution in [3.63, 3.8) is 0 Å². The Bertz CT molecular complexity index is 1160. The number of para-hydroxylation sites is 1. The molecule has 2 aromatic carbocycles. The predicted molar refractivity (Wildman–Crippen MR) is 122 cm³/mol. The van der Waals surface area contributed by atoms with Crippen molar-refractivity contribution in [2.24, 2.45) is 5.73 Å². The van der Waals surface area contributed by atoms with E-state index in [2.05, 4.69) is 5.92 Å². The van der Waals surface area contributed by atoms with E-state index in [1.165, 1.54) is 0 Å². The molecule has 0 atom stereocenters. The molecule has 0 unspecified atom stereocenters. The fourth-order valence-corrected chi connectivity index (χ4v) is 3.90. The maximum atomic E-state index is 12.0. The number of carbonyl (C=O) groups is 2.